The summed E-state index contributed by atoms with van der Waals surface area (Å²) < 4.78 is 6.91. The van der Waals surface area contributed by atoms with E-state index < -0.39 is 0 Å². The summed E-state index contributed by atoms with van der Waals surface area (Å²) >= 11 is 0. The Balaban J connectivity index is 1.65. The highest BCUT2D eigenvalue weighted by Crippen LogP contribution is 2.18. The number of Topliss-reactive ketones (excluding diaryl/α,β-unsaturated/α-hetero) is 1. The molecule has 0 aliphatic carbocycles. The van der Waals surface area contributed by atoms with Gasteiger partial charge in [0.1, 0.15) is 0 Å². The van der Waals surface area contributed by atoms with Gasteiger partial charge < -0.3 is 9.30 Å². The van der Waals surface area contributed by atoms with Crippen molar-refractivity contribution >= 4 is 11.8 Å². The van der Waals surface area contributed by atoms with Crippen molar-refractivity contribution in [2.75, 3.05) is 20.7 Å². The van der Waals surface area contributed by atoms with Crippen LogP contribution in [0, 0.1) is 13.8 Å². The van der Waals surface area contributed by atoms with E-state index in [9.17, 15) is 9.59 Å². The van der Waals surface area contributed by atoms with Crippen molar-refractivity contribution < 1.29 is 14.3 Å². The van der Waals surface area contributed by atoms with Crippen molar-refractivity contribution in [3.8, 4) is 0 Å². The van der Waals surface area contributed by atoms with E-state index in [1.54, 1.807) is 12.1 Å². The second-order valence-electron chi connectivity index (χ2n) is 7.64. The van der Waals surface area contributed by atoms with Crippen LogP contribution in [0.1, 0.15) is 43.2 Å². The van der Waals surface area contributed by atoms with E-state index in [1.807, 2.05) is 62.2 Å². The van der Waals surface area contributed by atoms with Gasteiger partial charge in [-0.25, -0.2) is 4.79 Å². The largest absolute Gasteiger partial charge is 0.465 e. The third kappa shape index (κ3) is 5.05. The van der Waals surface area contributed by atoms with Crippen LogP contribution < -0.4 is 0 Å². The molecule has 5 nitrogen and oxygen atoms in total. The minimum atomic E-state index is -0.351. The number of carbonyl (C=O) groups is 2. The smallest absolute Gasteiger partial charge is 0.337 e. The summed E-state index contributed by atoms with van der Waals surface area (Å²) in [6.45, 7) is 5.76. The number of methoxy groups -OCH3 is 1. The van der Waals surface area contributed by atoms with Gasteiger partial charge in [-0.1, -0.05) is 42.5 Å². The number of rotatable bonds is 8. The van der Waals surface area contributed by atoms with E-state index in [4.69, 9.17) is 4.74 Å². The molecule has 0 atom stereocenters. The zero-order valence-electron chi connectivity index (χ0n) is 18.0. The number of carbonyl (C=O) groups excluding carboxylic acids is 2. The fourth-order valence-corrected chi connectivity index (χ4v) is 3.65. The second-order valence-corrected chi connectivity index (χ2v) is 7.64. The average Bonchev–Trinajstić information content (AvgIpc) is 3.02. The maximum atomic E-state index is 13.0. The fraction of sp³-hybridized carbons (Fsp3) is 0.280. The molecule has 2 aromatic carbocycles. The summed E-state index contributed by atoms with van der Waals surface area (Å²) in [7, 11) is 3.29. The standard InChI is InChI=1S/C25H28N2O3/c1-18-14-23(19(2)27(18)16-20-8-6-5-7-9-20)24(28)17-26(3)15-21-10-12-22(13-11-21)25(29)30-4/h5-14H,15-17H2,1-4H3. The number of ketones is 1. The first-order valence-corrected chi connectivity index (χ1v) is 9.98. The quantitative estimate of drug-likeness (QED) is 0.416. The van der Waals surface area contributed by atoms with Gasteiger partial charge in [-0.2, -0.15) is 0 Å². The summed E-state index contributed by atoms with van der Waals surface area (Å²) in [5.74, 6) is -0.243. The van der Waals surface area contributed by atoms with Crippen molar-refractivity contribution in [1.82, 2.24) is 9.47 Å². The van der Waals surface area contributed by atoms with E-state index in [0.717, 1.165) is 29.1 Å². The second kappa shape index (κ2) is 9.55. The summed E-state index contributed by atoms with van der Waals surface area (Å²) in [6, 6.07) is 19.5. The number of aryl methyl sites for hydroxylation is 1. The molecule has 1 heterocycles. The van der Waals surface area contributed by atoms with Crippen LogP contribution in [0.2, 0.25) is 0 Å². The molecule has 5 heteroatoms. The molecule has 30 heavy (non-hydrogen) atoms. The third-order valence-electron chi connectivity index (χ3n) is 5.30. The van der Waals surface area contributed by atoms with E-state index in [-0.39, 0.29) is 11.8 Å². The molecule has 0 N–H and O–H groups in total. The zero-order chi connectivity index (χ0) is 21.7. The van der Waals surface area contributed by atoms with Crippen LogP contribution in [0.4, 0.5) is 0 Å². The van der Waals surface area contributed by atoms with Gasteiger partial charge in [0.25, 0.3) is 0 Å². The molecular formula is C25H28N2O3. The zero-order valence-corrected chi connectivity index (χ0v) is 18.0. The Morgan fingerprint density at radius 3 is 2.27 bits per heavy atom. The molecule has 0 saturated carbocycles. The molecule has 1 aromatic heterocycles. The van der Waals surface area contributed by atoms with Gasteiger partial charge in [0.15, 0.2) is 5.78 Å². The maximum Gasteiger partial charge on any atom is 0.337 e. The summed E-state index contributed by atoms with van der Waals surface area (Å²) in [5.41, 5.74) is 5.62. The molecule has 0 aliphatic heterocycles. The summed E-state index contributed by atoms with van der Waals surface area (Å²) in [6.07, 6.45) is 0. The van der Waals surface area contributed by atoms with Gasteiger partial charge >= 0.3 is 5.97 Å². The molecule has 0 saturated heterocycles. The lowest BCUT2D eigenvalue weighted by Crippen LogP contribution is -2.26. The molecule has 0 aliphatic rings. The van der Waals surface area contributed by atoms with E-state index in [2.05, 4.69) is 16.7 Å². The molecule has 0 radical (unpaired) electrons. The van der Waals surface area contributed by atoms with Crippen LogP contribution in [0.25, 0.3) is 0 Å². The highest BCUT2D eigenvalue weighted by molar-refractivity contribution is 5.99. The molecule has 0 spiro atoms. The summed E-state index contributed by atoms with van der Waals surface area (Å²) in [4.78, 5) is 26.5. The van der Waals surface area contributed by atoms with Crippen molar-refractivity contribution in [2.24, 2.45) is 0 Å². The third-order valence-corrected chi connectivity index (χ3v) is 5.30. The topological polar surface area (TPSA) is 51.5 Å². The lowest BCUT2D eigenvalue weighted by atomic mass is 10.1. The van der Waals surface area contributed by atoms with Gasteiger partial charge in [0.2, 0.25) is 0 Å². The van der Waals surface area contributed by atoms with Crippen LogP contribution in [-0.2, 0) is 17.8 Å². The minimum absolute atomic E-state index is 0.107. The molecule has 156 valence electrons. The Bertz CT molecular complexity index is 1020. The number of aromatic nitrogens is 1. The molecule has 3 aromatic rings. The van der Waals surface area contributed by atoms with Crippen LogP contribution in [-0.4, -0.2) is 41.9 Å². The highest BCUT2D eigenvalue weighted by Gasteiger charge is 2.17. The lowest BCUT2D eigenvalue weighted by Gasteiger charge is -2.16. The number of hydrogen-bond donors (Lipinski definition) is 0. The van der Waals surface area contributed by atoms with Gasteiger partial charge in [-0.05, 0) is 50.2 Å². The molecule has 0 amide bonds. The normalized spacial score (nSPS) is 11.0. The Morgan fingerprint density at radius 2 is 1.63 bits per heavy atom. The van der Waals surface area contributed by atoms with Crippen molar-refractivity contribution in [1.29, 1.82) is 0 Å². The van der Waals surface area contributed by atoms with E-state index in [0.29, 0.717) is 18.7 Å². The monoisotopic (exact) mass is 404 g/mol. The first-order valence-electron chi connectivity index (χ1n) is 9.98. The molecule has 0 unspecified atom stereocenters. The van der Waals surface area contributed by atoms with Gasteiger partial charge in [0.05, 0.1) is 19.2 Å². The summed E-state index contributed by atoms with van der Waals surface area (Å²) in [5, 5.41) is 0. The van der Waals surface area contributed by atoms with Crippen molar-refractivity contribution in [3.05, 3.63) is 94.3 Å². The molecule has 0 fully saturated rings. The first kappa shape index (κ1) is 21.5. The van der Waals surface area contributed by atoms with Crippen LogP contribution in [0.5, 0.6) is 0 Å². The highest BCUT2D eigenvalue weighted by atomic mass is 16.5. The van der Waals surface area contributed by atoms with E-state index in [1.165, 1.54) is 12.7 Å². The lowest BCUT2D eigenvalue weighted by molar-refractivity contribution is 0.0600. The van der Waals surface area contributed by atoms with Gasteiger partial charge in [0, 0.05) is 30.0 Å². The predicted molar refractivity (Wildman–Crippen MR) is 118 cm³/mol. The molecule has 0 bridgehead atoms. The predicted octanol–water partition coefficient (Wildman–Crippen LogP) is 4.25. The Kier molecular flexibility index (Phi) is 6.85. The number of benzene rings is 2. The number of nitrogens with zero attached hydrogens (tertiary/aromatic N) is 2. The number of hydrogen-bond acceptors (Lipinski definition) is 4. The minimum Gasteiger partial charge on any atom is -0.465 e. The number of likely N-dealkylation sites (N-methyl/N-ethyl adjacent to an activating group) is 1. The average molecular weight is 405 g/mol. The Hall–Kier alpha value is -3.18. The fourth-order valence-electron chi connectivity index (χ4n) is 3.65. The van der Waals surface area contributed by atoms with E-state index >= 15 is 0 Å². The first-order chi connectivity index (χ1) is 14.4. The Morgan fingerprint density at radius 1 is 0.967 bits per heavy atom. The van der Waals surface area contributed by atoms with Crippen molar-refractivity contribution in [2.45, 2.75) is 26.9 Å². The van der Waals surface area contributed by atoms with Crippen molar-refractivity contribution in [3.63, 3.8) is 0 Å². The van der Waals surface area contributed by atoms with Crippen LogP contribution in [0.15, 0.2) is 60.7 Å². The Labute approximate surface area is 177 Å². The van der Waals surface area contributed by atoms with Crippen LogP contribution in [0.3, 0.4) is 0 Å². The molecule has 3 rings (SSSR count). The van der Waals surface area contributed by atoms with Gasteiger partial charge in [-0.3, -0.25) is 9.69 Å². The SMILES string of the molecule is COC(=O)c1ccc(CN(C)CC(=O)c2cc(C)n(Cc3ccccc3)c2C)cc1. The van der Waals surface area contributed by atoms with Gasteiger partial charge in [-0.15, -0.1) is 0 Å². The molecular weight excluding hydrogens is 376 g/mol. The number of ether oxygens (including phenoxy) is 1. The van der Waals surface area contributed by atoms with Crippen LogP contribution >= 0.6 is 0 Å². The number of esters is 1. The maximum absolute atomic E-state index is 13.0.